The molecular formula is C14H15N3O4S. The smallest absolute Gasteiger partial charge is 0.358 e. The fourth-order valence-corrected chi connectivity index (χ4v) is 2.67. The van der Waals surface area contributed by atoms with Crippen LogP contribution in [0, 0.1) is 0 Å². The van der Waals surface area contributed by atoms with Crippen molar-refractivity contribution in [1.29, 1.82) is 0 Å². The summed E-state index contributed by atoms with van der Waals surface area (Å²) in [5, 5.41) is 7.60. The molecule has 1 aromatic carbocycles. The van der Waals surface area contributed by atoms with Crippen molar-refractivity contribution in [3.63, 3.8) is 0 Å². The Hall–Kier alpha value is -2.48. The number of carbonyl (C=O) groups excluding carboxylic acids is 1. The Bertz CT molecular complexity index is 745. The molecule has 116 valence electrons. The molecule has 22 heavy (non-hydrogen) atoms. The second kappa shape index (κ2) is 6.52. The zero-order chi connectivity index (χ0) is 16.2. The third-order valence-corrected chi connectivity index (χ3v) is 4.00. The van der Waals surface area contributed by atoms with Crippen molar-refractivity contribution in [1.82, 2.24) is 10.2 Å². The SMILES string of the molecule is COC(=O)c1ccc(CN(c2ccccc2)S(C)(=O)=O)nn1. The Morgan fingerprint density at radius 3 is 2.32 bits per heavy atom. The first-order valence-corrected chi connectivity index (χ1v) is 8.20. The molecule has 0 bridgehead atoms. The summed E-state index contributed by atoms with van der Waals surface area (Å²) in [4.78, 5) is 11.3. The van der Waals surface area contributed by atoms with Gasteiger partial charge in [-0.2, -0.15) is 5.10 Å². The van der Waals surface area contributed by atoms with Gasteiger partial charge in [0.25, 0.3) is 0 Å². The molecule has 0 aliphatic heterocycles. The lowest BCUT2D eigenvalue weighted by atomic mass is 10.3. The summed E-state index contributed by atoms with van der Waals surface area (Å²) >= 11 is 0. The van der Waals surface area contributed by atoms with Crippen molar-refractivity contribution in [3.8, 4) is 0 Å². The van der Waals surface area contributed by atoms with E-state index in [9.17, 15) is 13.2 Å². The summed E-state index contributed by atoms with van der Waals surface area (Å²) in [6, 6.07) is 11.7. The molecule has 0 unspecified atom stereocenters. The molecule has 2 rings (SSSR count). The number of sulfonamides is 1. The van der Waals surface area contributed by atoms with E-state index in [1.165, 1.54) is 17.5 Å². The number of para-hydroxylation sites is 1. The number of esters is 1. The van der Waals surface area contributed by atoms with Crippen LogP contribution in [0.25, 0.3) is 0 Å². The third-order valence-electron chi connectivity index (χ3n) is 2.86. The van der Waals surface area contributed by atoms with Crippen LogP contribution in [0.2, 0.25) is 0 Å². The zero-order valence-corrected chi connectivity index (χ0v) is 12.9. The van der Waals surface area contributed by atoms with Gasteiger partial charge in [0.05, 0.1) is 31.3 Å². The van der Waals surface area contributed by atoms with E-state index in [1.807, 2.05) is 0 Å². The second-order valence-electron chi connectivity index (χ2n) is 4.51. The normalized spacial score (nSPS) is 11.0. The van der Waals surface area contributed by atoms with Gasteiger partial charge in [0, 0.05) is 0 Å². The topological polar surface area (TPSA) is 89.5 Å². The molecule has 0 saturated heterocycles. The predicted molar refractivity (Wildman–Crippen MR) is 80.8 cm³/mol. The summed E-state index contributed by atoms with van der Waals surface area (Å²) in [6.45, 7) is 0.0251. The number of benzene rings is 1. The minimum atomic E-state index is -3.47. The van der Waals surface area contributed by atoms with Gasteiger partial charge in [0.1, 0.15) is 0 Å². The minimum Gasteiger partial charge on any atom is -0.464 e. The van der Waals surface area contributed by atoms with Gasteiger partial charge in [-0.1, -0.05) is 18.2 Å². The molecule has 0 radical (unpaired) electrons. The molecule has 0 aliphatic rings. The maximum Gasteiger partial charge on any atom is 0.358 e. The van der Waals surface area contributed by atoms with Crippen molar-refractivity contribution < 1.29 is 17.9 Å². The van der Waals surface area contributed by atoms with Crippen molar-refractivity contribution in [2.24, 2.45) is 0 Å². The van der Waals surface area contributed by atoms with Crippen LogP contribution in [-0.2, 0) is 21.3 Å². The molecule has 7 nitrogen and oxygen atoms in total. The number of methoxy groups -OCH3 is 1. The standard InChI is InChI=1S/C14H15N3O4S/c1-21-14(18)13-9-8-11(15-16-13)10-17(22(2,19)20)12-6-4-3-5-7-12/h3-9H,10H2,1-2H3. The molecule has 0 saturated carbocycles. The van der Waals surface area contributed by atoms with E-state index in [1.54, 1.807) is 36.4 Å². The summed E-state index contributed by atoms with van der Waals surface area (Å²) in [5.41, 5.74) is 1.02. The van der Waals surface area contributed by atoms with Gasteiger partial charge in [0.15, 0.2) is 5.69 Å². The lowest BCUT2D eigenvalue weighted by molar-refractivity contribution is 0.0592. The highest BCUT2D eigenvalue weighted by atomic mass is 32.2. The summed E-state index contributed by atoms with van der Waals surface area (Å²) in [7, 11) is -2.22. The minimum absolute atomic E-state index is 0.0251. The van der Waals surface area contributed by atoms with E-state index in [0.717, 1.165) is 6.26 Å². The van der Waals surface area contributed by atoms with Crippen molar-refractivity contribution in [3.05, 3.63) is 53.9 Å². The van der Waals surface area contributed by atoms with Gasteiger partial charge >= 0.3 is 5.97 Å². The number of anilines is 1. The Morgan fingerprint density at radius 2 is 1.82 bits per heavy atom. The number of rotatable bonds is 5. The van der Waals surface area contributed by atoms with E-state index in [2.05, 4.69) is 14.9 Å². The third kappa shape index (κ3) is 3.79. The van der Waals surface area contributed by atoms with E-state index in [0.29, 0.717) is 11.4 Å². The molecule has 0 fully saturated rings. The number of nitrogens with zero attached hydrogens (tertiary/aromatic N) is 3. The molecule has 8 heteroatoms. The highest BCUT2D eigenvalue weighted by Crippen LogP contribution is 2.19. The zero-order valence-electron chi connectivity index (χ0n) is 12.1. The summed E-state index contributed by atoms with van der Waals surface area (Å²) in [5.74, 6) is -0.595. The first-order chi connectivity index (χ1) is 10.4. The molecular weight excluding hydrogens is 306 g/mol. The first-order valence-electron chi connectivity index (χ1n) is 6.35. The molecule has 0 spiro atoms. The van der Waals surface area contributed by atoms with Crippen LogP contribution >= 0.6 is 0 Å². The fourth-order valence-electron chi connectivity index (χ4n) is 1.80. The van der Waals surface area contributed by atoms with E-state index >= 15 is 0 Å². The molecule has 0 amide bonds. The first kappa shape index (κ1) is 15.9. The van der Waals surface area contributed by atoms with Gasteiger partial charge < -0.3 is 4.74 Å². The van der Waals surface area contributed by atoms with E-state index in [4.69, 9.17) is 0 Å². The maximum absolute atomic E-state index is 12.0. The van der Waals surface area contributed by atoms with Crippen molar-refractivity contribution in [2.75, 3.05) is 17.7 Å². The maximum atomic E-state index is 12.0. The van der Waals surface area contributed by atoms with Gasteiger partial charge in [-0.15, -0.1) is 5.10 Å². The van der Waals surface area contributed by atoms with Crippen molar-refractivity contribution in [2.45, 2.75) is 6.54 Å². The summed E-state index contributed by atoms with van der Waals surface area (Å²) in [6.07, 6.45) is 1.12. The van der Waals surface area contributed by atoms with Crippen molar-refractivity contribution >= 4 is 21.7 Å². The van der Waals surface area contributed by atoms with Crippen LogP contribution in [0.5, 0.6) is 0 Å². The lowest BCUT2D eigenvalue weighted by Gasteiger charge is -2.21. The van der Waals surface area contributed by atoms with Crippen LogP contribution in [0.4, 0.5) is 5.69 Å². The molecule has 0 N–H and O–H groups in total. The Morgan fingerprint density at radius 1 is 1.14 bits per heavy atom. The van der Waals surface area contributed by atoms with Gasteiger partial charge in [-0.25, -0.2) is 13.2 Å². The van der Waals surface area contributed by atoms with E-state index < -0.39 is 16.0 Å². The molecule has 1 heterocycles. The van der Waals surface area contributed by atoms with Crippen LogP contribution in [0.15, 0.2) is 42.5 Å². The second-order valence-corrected chi connectivity index (χ2v) is 6.41. The van der Waals surface area contributed by atoms with Gasteiger partial charge in [-0.05, 0) is 24.3 Å². The van der Waals surface area contributed by atoms with Gasteiger partial charge in [-0.3, -0.25) is 4.31 Å². The average molecular weight is 321 g/mol. The predicted octanol–water partition coefficient (Wildman–Crippen LogP) is 1.23. The van der Waals surface area contributed by atoms with Crippen LogP contribution in [0.1, 0.15) is 16.2 Å². The highest BCUT2D eigenvalue weighted by molar-refractivity contribution is 7.92. The molecule has 0 atom stereocenters. The van der Waals surface area contributed by atoms with Crippen LogP contribution < -0.4 is 4.31 Å². The molecule has 2 aromatic rings. The number of carbonyl (C=O) groups is 1. The lowest BCUT2D eigenvalue weighted by Crippen LogP contribution is -2.29. The Balaban J connectivity index is 2.27. The number of ether oxygens (including phenoxy) is 1. The monoisotopic (exact) mass is 321 g/mol. The number of aromatic nitrogens is 2. The van der Waals surface area contributed by atoms with Crippen LogP contribution in [0.3, 0.4) is 0 Å². The number of hydrogen-bond acceptors (Lipinski definition) is 6. The average Bonchev–Trinajstić information content (AvgIpc) is 2.52. The van der Waals surface area contributed by atoms with Gasteiger partial charge in [0.2, 0.25) is 10.0 Å². The quantitative estimate of drug-likeness (QED) is 0.770. The highest BCUT2D eigenvalue weighted by Gasteiger charge is 2.19. The molecule has 1 aromatic heterocycles. The largest absolute Gasteiger partial charge is 0.464 e. The number of hydrogen-bond donors (Lipinski definition) is 0. The molecule has 0 aliphatic carbocycles. The Kier molecular flexibility index (Phi) is 4.71. The van der Waals surface area contributed by atoms with Crippen LogP contribution in [-0.4, -0.2) is 38.0 Å². The van der Waals surface area contributed by atoms with E-state index in [-0.39, 0.29) is 12.2 Å². The summed E-state index contributed by atoms with van der Waals surface area (Å²) < 4.78 is 29.7. The Labute approximate surface area is 128 Å². The fraction of sp³-hybridized carbons (Fsp3) is 0.214.